The Labute approximate surface area is 57.5 Å². The van der Waals surface area contributed by atoms with E-state index in [-0.39, 0.29) is 0 Å². The lowest BCUT2D eigenvalue weighted by molar-refractivity contribution is 0.239. The molecule has 52 valence electrons. The maximum absolute atomic E-state index is 10.5. The third-order valence-electron chi connectivity index (χ3n) is 0.897. The van der Waals surface area contributed by atoms with Crippen molar-refractivity contribution >= 4 is 18.6 Å². The van der Waals surface area contributed by atoms with Crippen LogP contribution in [0.4, 0.5) is 4.79 Å². The molecule has 10 heavy (non-hydrogen) atoms. The van der Waals surface area contributed by atoms with Crippen LogP contribution in [-0.2, 0) is 0 Å². The van der Waals surface area contributed by atoms with E-state index in [1.165, 1.54) is 18.8 Å². The molecule has 2 amide bonds. The van der Waals surface area contributed by atoms with Gasteiger partial charge < -0.3 is 5.73 Å². The summed E-state index contributed by atoms with van der Waals surface area (Å²) in [7, 11) is 0. The van der Waals surface area contributed by atoms with Gasteiger partial charge in [0, 0.05) is 6.20 Å². The fourth-order valence-electron chi connectivity index (χ4n) is 0.462. The summed E-state index contributed by atoms with van der Waals surface area (Å²) in [6, 6.07) is -0.578. The van der Waals surface area contributed by atoms with Crippen molar-refractivity contribution in [1.29, 1.82) is 0 Å². The molecule has 0 aromatic heterocycles. The van der Waals surface area contributed by atoms with Crippen molar-refractivity contribution < 1.29 is 4.79 Å². The maximum atomic E-state index is 10.5. The van der Waals surface area contributed by atoms with E-state index in [1.54, 1.807) is 6.08 Å². The Hall–Kier alpha value is -1.65. The van der Waals surface area contributed by atoms with Crippen molar-refractivity contribution in [2.75, 3.05) is 0 Å². The first-order valence-electron chi connectivity index (χ1n) is 2.62. The van der Waals surface area contributed by atoms with Crippen molar-refractivity contribution in [3.8, 4) is 0 Å². The number of hydrogen-bond acceptors (Lipinski definition) is 3. The Morgan fingerprint density at radius 3 is 3.00 bits per heavy atom. The van der Waals surface area contributed by atoms with Gasteiger partial charge in [0.05, 0.1) is 6.21 Å². The molecule has 0 saturated heterocycles. The molecule has 0 radical (unpaired) electrons. The van der Waals surface area contributed by atoms with Crippen molar-refractivity contribution in [2.45, 2.75) is 0 Å². The molecule has 0 bridgehead atoms. The van der Waals surface area contributed by atoms with Crippen LogP contribution in [0.3, 0.4) is 0 Å². The van der Waals surface area contributed by atoms with Gasteiger partial charge in [-0.05, 0) is 6.08 Å². The van der Waals surface area contributed by atoms with Crippen LogP contribution in [0.2, 0.25) is 0 Å². The second-order valence-electron chi connectivity index (χ2n) is 1.58. The van der Waals surface area contributed by atoms with Gasteiger partial charge in [-0.15, -0.1) is 5.10 Å². The summed E-state index contributed by atoms with van der Waals surface area (Å²) in [5, 5.41) is 6.99. The highest BCUT2D eigenvalue weighted by Gasteiger charge is 2.01. The normalized spacial score (nSPS) is 15.4. The van der Waals surface area contributed by atoms with Crippen LogP contribution >= 0.6 is 0 Å². The van der Waals surface area contributed by atoms with Gasteiger partial charge in [-0.1, -0.05) is 0 Å². The molecule has 0 atom stereocenters. The molecule has 0 unspecified atom stereocenters. The third-order valence-corrected chi connectivity index (χ3v) is 0.897. The van der Waals surface area contributed by atoms with E-state index >= 15 is 0 Å². The summed E-state index contributed by atoms with van der Waals surface area (Å²) < 4.78 is 0. The molecule has 0 spiro atoms. The van der Waals surface area contributed by atoms with Crippen LogP contribution < -0.4 is 5.73 Å². The Bertz CT molecular complexity index is 202. The lowest BCUT2D eigenvalue weighted by Gasteiger charge is -2.04. The zero-order chi connectivity index (χ0) is 7.40. The number of hydrogen-bond donors (Lipinski definition) is 1. The standard InChI is InChI=1S/C5H6N4O/c6-5(10)9-3-1-2-7-8-4-9/h1-4H,(H2,6,10). The van der Waals surface area contributed by atoms with Crippen molar-refractivity contribution in [2.24, 2.45) is 15.9 Å². The largest absolute Gasteiger partial charge is 0.351 e. The van der Waals surface area contributed by atoms with Crippen LogP contribution in [0, 0.1) is 0 Å². The van der Waals surface area contributed by atoms with Gasteiger partial charge in [0.15, 0.2) is 0 Å². The fraction of sp³-hybridized carbons (Fsp3) is 0. The summed E-state index contributed by atoms with van der Waals surface area (Å²) in [6.07, 6.45) is 5.74. The average molecular weight is 138 g/mol. The van der Waals surface area contributed by atoms with Gasteiger partial charge in [-0.3, -0.25) is 4.90 Å². The Balaban J connectivity index is 2.72. The molecule has 1 aliphatic heterocycles. The third kappa shape index (κ3) is 1.41. The number of primary amides is 1. The van der Waals surface area contributed by atoms with E-state index in [0.29, 0.717) is 0 Å². The van der Waals surface area contributed by atoms with E-state index in [1.807, 2.05) is 0 Å². The van der Waals surface area contributed by atoms with Crippen molar-refractivity contribution in [3.63, 3.8) is 0 Å². The first kappa shape index (κ1) is 6.47. The van der Waals surface area contributed by atoms with E-state index in [2.05, 4.69) is 10.2 Å². The van der Waals surface area contributed by atoms with Gasteiger partial charge in [0.1, 0.15) is 6.34 Å². The number of carbonyl (C=O) groups excluding carboxylic acids is 1. The number of urea groups is 1. The minimum absolute atomic E-state index is 0.578. The monoisotopic (exact) mass is 138 g/mol. The van der Waals surface area contributed by atoms with E-state index < -0.39 is 6.03 Å². The van der Waals surface area contributed by atoms with Crippen LogP contribution in [0.15, 0.2) is 22.5 Å². The molecular formula is C5H6N4O. The number of nitrogens with two attached hydrogens (primary N) is 1. The minimum atomic E-state index is -0.578. The summed E-state index contributed by atoms with van der Waals surface area (Å²) in [5.74, 6) is 0. The Morgan fingerprint density at radius 2 is 2.30 bits per heavy atom. The van der Waals surface area contributed by atoms with E-state index in [0.717, 1.165) is 4.90 Å². The number of rotatable bonds is 0. The molecule has 2 N–H and O–H groups in total. The molecule has 1 rings (SSSR count). The van der Waals surface area contributed by atoms with Gasteiger partial charge >= 0.3 is 6.03 Å². The molecule has 0 saturated carbocycles. The zero-order valence-electron chi connectivity index (χ0n) is 5.14. The van der Waals surface area contributed by atoms with Crippen molar-refractivity contribution in [1.82, 2.24) is 4.90 Å². The lowest BCUT2D eigenvalue weighted by atomic mass is 10.6. The smallest absolute Gasteiger partial charge is 0.324 e. The molecule has 5 nitrogen and oxygen atoms in total. The van der Waals surface area contributed by atoms with Gasteiger partial charge in [0.25, 0.3) is 0 Å². The minimum Gasteiger partial charge on any atom is -0.351 e. The quantitative estimate of drug-likeness (QED) is 0.499. The molecular weight excluding hydrogens is 132 g/mol. The van der Waals surface area contributed by atoms with Crippen LogP contribution in [0.5, 0.6) is 0 Å². The van der Waals surface area contributed by atoms with Gasteiger partial charge in [0.2, 0.25) is 0 Å². The second kappa shape index (κ2) is 2.77. The molecule has 0 aliphatic carbocycles. The first-order chi connectivity index (χ1) is 4.80. The van der Waals surface area contributed by atoms with Crippen LogP contribution in [-0.4, -0.2) is 23.5 Å². The fourth-order valence-corrected chi connectivity index (χ4v) is 0.462. The maximum Gasteiger partial charge on any atom is 0.324 e. The highest BCUT2D eigenvalue weighted by atomic mass is 16.2. The second-order valence-corrected chi connectivity index (χ2v) is 1.58. The molecule has 0 aromatic carbocycles. The first-order valence-corrected chi connectivity index (χ1v) is 2.62. The van der Waals surface area contributed by atoms with E-state index in [9.17, 15) is 4.79 Å². The van der Waals surface area contributed by atoms with Gasteiger partial charge in [-0.2, -0.15) is 5.10 Å². The average Bonchev–Trinajstić information content (AvgIpc) is 2.12. The molecule has 0 fully saturated rings. The number of allylic oxidation sites excluding steroid dienone is 1. The number of amides is 2. The molecule has 5 heteroatoms. The summed E-state index contributed by atoms with van der Waals surface area (Å²) >= 11 is 0. The topological polar surface area (TPSA) is 71.1 Å². The Kier molecular flexibility index (Phi) is 1.79. The molecule has 0 aromatic rings. The lowest BCUT2D eigenvalue weighted by Crippen LogP contribution is -2.29. The zero-order valence-corrected chi connectivity index (χ0v) is 5.14. The SMILES string of the molecule is NC(=O)N1C=CC=NN=C1. The molecule has 1 aliphatic rings. The van der Waals surface area contributed by atoms with Gasteiger partial charge in [-0.25, -0.2) is 4.79 Å². The van der Waals surface area contributed by atoms with E-state index in [4.69, 9.17) is 5.73 Å². The highest BCUT2D eigenvalue weighted by Crippen LogP contribution is 1.88. The Morgan fingerprint density at radius 1 is 1.50 bits per heavy atom. The van der Waals surface area contributed by atoms with Crippen molar-refractivity contribution in [3.05, 3.63) is 12.3 Å². The summed E-state index contributed by atoms with van der Waals surface area (Å²) in [6.45, 7) is 0. The number of nitrogens with zero attached hydrogens (tertiary/aromatic N) is 3. The van der Waals surface area contributed by atoms with Crippen LogP contribution in [0.1, 0.15) is 0 Å². The molecule has 1 heterocycles. The summed E-state index contributed by atoms with van der Waals surface area (Å²) in [5.41, 5.74) is 4.93. The summed E-state index contributed by atoms with van der Waals surface area (Å²) in [4.78, 5) is 11.6. The predicted molar refractivity (Wildman–Crippen MR) is 37.5 cm³/mol. The van der Waals surface area contributed by atoms with Crippen LogP contribution in [0.25, 0.3) is 0 Å². The highest BCUT2D eigenvalue weighted by molar-refractivity contribution is 5.88. The predicted octanol–water partition coefficient (Wildman–Crippen LogP) is -0.0915. The number of carbonyl (C=O) groups is 1.